The molecule has 2 rings (SSSR count). The molecule has 0 saturated carbocycles. The van der Waals surface area contributed by atoms with Gasteiger partial charge in [0, 0.05) is 23.2 Å². The summed E-state index contributed by atoms with van der Waals surface area (Å²) < 4.78 is 13.2. The van der Waals surface area contributed by atoms with Crippen LogP contribution < -0.4 is 5.32 Å². The van der Waals surface area contributed by atoms with Crippen LogP contribution in [0.1, 0.15) is 52.7 Å². The maximum atomic E-state index is 13.2. The standard InChI is InChI=1S/C20H27FN2O/c1-19(2,3)14-9-13(11-23-20(4,5)6)18(24)16(10-14)17-8-7-15(21)12-22-17/h7-10,12,23-24H,11H2,1-6H3. The van der Waals surface area contributed by atoms with Gasteiger partial charge in [-0.15, -0.1) is 0 Å². The van der Waals surface area contributed by atoms with Gasteiger partial charge in [-0.25, -0.2) is 4.39 Å². The Bertz CT molecular complexity index is 710. The molecule has 2 aromatic rings. The smallest absolute Gasteiger partial charge is 0.141 e. The first kappa shape index (κ1) is 18.4. The average molecular weight is 330 g/mol. The zero-order valence-electron chi connectivity index (χ0n) is 15.4. The first-order valence-electron chi connectivity index (χ1n) is 8.21. The van der Waals surface area contributed by atoms with Crippen LogP contribution in [0.5, 0.6) is 5.75 Å². The summed E-state index contributed by atoms with van der Waals surface area (Å²) in [7, 11) is 0. The number of pyridine rings is 1. The Balaban J connectivity index is 2.54. The fourth-order valence-corrected chi connectivity index (χ4v) is 2.35. The lowest BCUT2D eigenvalue weighted by Crippen LogP contribution is -2.35. The van der Waals surface area contributed by atoms with Gasteiger partial charge in [0.2, 0.25) is 0 Å². The fraction of sp³-hybridized carbons (Fsp3) is 0.450. The molecule has 24 heavy (non-hydrogen) atoms. The summed E-state index contributed by atoms with van der Waals surface area (Å²) in [4.78, 5) is 4.13. The second kappa shape index (κ2) is 6.52. The Kier molecular flexibility index (Phi) is 5.00. The molecule has 0 aliphatic heterocycles. The van der Waals surface area contributed by atoms with Crippen molar-refractivity contribution in [2.75, 3.05) is 0 Å². The lowest BCUT2D eigenvalue weighted by Gasteiger charge is -2.25. The van der Waals surface area contributed by atoms with Gasteiger partial charge in [0.15, 0.2) is 0 Å². The molecular formula is C20H27FN2O. The van der Waals surface area contributed by atoms with Crippen LogP contribution in [0.25, 0.3) is 11.3 Å². The molecule has 0 unspecified atom stereocenters. The van der Waals surface area contributed by atoms with Gasteiger partial charge in [-0.1, -0.05) is 26.8 Å². The normalized spacial score (nSPS) is 12.5. The molecule has 0 atom stereocenters. The summed E-state index contributed by atoms with van der Waals surface area (Å²) in [5.74, 6) is -0.196. The van der Waals surface area contributed by atoms with Gasteiger partial charge in [-0.05, 0) is 49.9 Å². The number of halogens is 1. The second-order valence-corrected chi connectivity index (χ2v) is 8.25. The molecule has 0 bridgehead atoms. The Morgan fingerprint density at radius 2 is 1.75 bits per heavy atom. The van der Waals surface area contributed by atoms with Crippen LogP contribution in [-0.4, -0.2) is 15.6 Å². The largest absolute Gasteiger partial charge is 0.507 e. The number of hydrogen-bond donors (Lipinski definition) is 2. The highest BCUT2D eigenvalue weighted by Gasteiger charge is 2.21. The van der Waals surface area contributed by atoms with Gasteiger partial charge in [-0.3, -0.25) is 4.98 Å². The molecule has 4 heteroatoms. The van der Waals surface area contributed by atoms with Crippen LogP contribution in [0, 0.1) is 5.82 Å². The van der Waals surface area contributed by atoms with Crippen molar-refractivity contribution in [3.8, 4) is 17.0 Å². The molecule has 0 saturated heterocycles. The van der Waals surface area contributed by atoms with E-state index in [0.29, 0.717) is 17.8 Å². The zero-order chi connectivity index (χ0) is 18.1. The van der Waals surface area contributed by atoms with E-state index in [-0.39, 0.29) is 22.5 Å². The Hall–Kier alpha value is -1.94. The lowest BCUT2D eigenvalue weighted by atomic mass is 9.84. The predicted molar refractivity (Wildman–Crippen MR) is 96.6 cm³/mol. The van der Waals surface area contributed by atoms with Crippen LogP contribution in [0.2, 0.25) is 0 Å². The first-order valence-corrected chi connectivity index (χ1v) is 8.21. The molecule has 0 spiro atoms. The predicted octanol–water partition coefficient (Wildman–Crippen LogP) is 4.78. The summed E-state index contributed by atoms with van der Waals surface area (Å²) in [6.45, 7) is 13.2. The van der Waals surface area contributed by atoms with Crippen molar-refractivity contribution >= 4 is 0 Å². The van der Waals surface area contributed by atoms with E-state index >= 15 is 0 Å². The number of nitrogens with zero attached hydrogens (tertiary/aromatic N) is 1. The molecule has 0 aliphatic carbocycles. The molecule has 0 amide bonds. The molecule has 1 aromatic heterocycles. The van der Waals surface area contributed by atoms with Gasteiger partial charge < -0.3 is 10.4 Å². The molecule has 2 N–H and O–H groups in total. The van der Waals surface area contributed by atoms with Gasteiger partial charge in [0.1, 0.15) is 11.6 Å². The maximum Gasteiger partial charge on any atom is 0.141 e. The van der Waals surface area contributed by atoms with E-state index < -0.39 is 0 Å². The molecule has 0 aliphatic rings. The van der Waals surface area contributed by atoms with Crippen molar-refractivity contribution < 1.29 is 9.50 Å². The number of aromatic nitrogens is 1. The van der Waals surface area contributed by atoms with Crippen molar-refractivity contribution in [1.82, 2.24) is 10.3 Å². The highest BCUT2D eigenvalue weighted by molar-refractivity contribution is 5.70. The second-order valence-electron chi connectivity index (χ2n) is 8.25. The Morgan fingerprint density at radius 1 is 1.08 bits per heavy atom. The minimum atomic E-state index is -0.389. The number of nitrogens with one attached hydrogen (secondary N) is 1. The summed E-state index contributed by atoms with van der Waals surface area (Å²) in [5.41, 5.74) is 2.99. The van der Waals surface area contributed by atoms with E-state index in [9.17, 15) is 9.50 Å². The molecule has 0 radical (unpaired) electrons. The number of hydrogen-bond acceptors (Lipinski definition) is 3. The SMILES string of the molecule is CC(C)(C)NCc1cc(C(C)(C)C)cc(-c2ccc(F)cn2)c1O. The molecule has 1 aromatic carbocycles. The Morgan fingerprint density at radius 3 is 2.25 bits per heavy atom. The van der Waals surface area contributed by atoms with E-state index in [1.54, 1.807) is 6.07 Å². The van der Waals surface area contributed by atoms with Gasteiger partial charge >= 0.3 is 0 Å². The Labute approximate surface area is 144 Å². The number of phenolic OH excluding ortho intramolecular Hbond substituents is 1. The van der Waals surface area contributed by atoms with Crippen LogP contribution in [0.4, 0.5) is 4.39 Å². The lowest BCUT2D eigenvalue weighted by molar-refractivity contribution is 0.411. The van der Waals surface area contributed by atoms with Crippen molar-refractivity contribution in [3.63, 3.8) is 0 Å². The van der Waals surface area contributed by atoms with Gasteiger partial charge in [0.05, 0.1) is 11.9 Å². The fourth-order valence-electron chi connectivity index (χ4n) is 2.35. The molecular weight excluding hydrogens is 303 g/mol. The van der Waals surface area contributed by atoms with Crippen LogP contribution in [0.15, 0.2) is 30.5 Å². The van der Waals surface area contributed by atoms with Crippen LogP contribution in [-0.2, 0) is 12.0 Å². The third-order valence-corrected chi connectivity index (χ3v) is 3.87. The van der Waals surface area contributed by atoms with Gasteiger partial charge in [-0.2, -0.15) is 0 Å². The van der Waals surface area contributed by atoms with E-state index in [0.717, 1.165) is 11.1 Å². The monoisotopic (exact) mass is 330 g/mol. The number of rotatable bonds is 3. The van der Waals surface area contributed by atoms with Crippen LogP contribution >= 0.6 is 0 Å². The van der Waals surface area contributed by atoms with Crippen molar-refractivity contribution in [2.24, 2.45) is 0 Å². The number of aromatic hydroxyl groups is 1. The molecule has 3 nitrogen and oxygen atoms in total. The minimum absolute atomic E-state index is 0.0571. The third kappa shape index (κ3) is 4.54. The third-order valence-electron chi connectivity index (χ3n) is 3.87. The van der Waals surface area contributed by atoms with E-state index in [1.165, 1.54) is 12.3 Å². The van der Waals surface area contributed by atoms with E-state index in [4.69, 9.17) is 0 Å². The van der Waals surface area contributed by atoms with Crippen molar-refractivity contribution in [3.05, 3.63) is 47.4 Å². The van der Waals surface area contributed by atoms with Crippen LogP contribution in [0.3, 0.4) is 0 Å². The van der Waals surface area contributed by atoms with Crippen molar-refractivity contribution in [2.45, 2.75) is 59.0 Å². The molecule has 0 fully saturated rings. The quantitative estimate of drug-likeness (QED) is 0.851. The topological polar surface area (TPSA) is 45.2 Å². The zero-order valence-corrected chi connectivity index (χ0v) is 15.4. The molecule has 1 heterocycles. The summed E-state index contributed by atoms with van der Waals surface area (Å²) >= 11 is 0. The highest BCUT2D eigenvalue weighted by Crippen LogP contribution is 2.36. The highest BCUT2D eigenvalue weighted by atomic mass is 19.1. The minimum Gasteiger partial charge on any atom is -0.507 e. The summed E-state index contributed by atoms with van der Waals surface area (Å²) in [6.07, 6.45) is 1.17. The van der Waals surface area contributed by atoms with E-state index in [1.807, 2.05) is 12.1 Å². The number of benzene rings is 1. The maximum absolute atomic E-state index is 13.2. The summed E-state index contributed by atoms with van der Waals surface area (Å²) in [6, 6.07) is 6.92. The van der Waals surface area contributed by atoms with E-state index in [2.05, 4.69) is 51.8 Å². The summed E-state index contributed by atoms with van der Waals surface area (Å²) in [5, 5.41) is 14.1. The van der Waals surface area contributed by atoms with Gasteiger partial charge in [0.25, 0.3) is 0 Å². The first-order chi connectivity index (χ1) is 11.0. The van der Waals surface area contributed by atoms with Crippen molar-refractivity contribution in [1.29, 1.82) is 0 Å². The number of phenols is 1. The average Bonchev–Trinajstić information content (AvgIpc) is 2.45. The molecule has 130 valence electrons.